The minimum Gasteiger partial charge on any atom is -0.316 e. The number of nitrogens with one attached hydrogen (secondary N) is 1. The number of aryl methyl sites for hydroxylation is 1. The summed E-state index contributed by atoms with van der Waals surface area (Å²) in [7, 11) is 1.95. The molecule has 0 unspecified atom stereocenters. The van der Waals surface area contributed by atoms with E-state index in [1.807, 2.05) is 24.0 Å². The molecule has 3 heteroatoms. The molecule has 1 heterocycles. The van der Waals surface area contributed by atoms with E-state index in [1.165, 1.54) is 12.0 Å². The Morgan fingerprint density at radius 3 is 3.07 bits per heavy atom. The fraction of sp³-hybridized carbons (Fsp3) is 0.545. The number of nitrogens with zero attached hydrogens (tertiary/aromatic N) is 2. The van der Waals surface area contributed by atoms with E-state index in [2.05, 4.69) is 23.2 Å². The molecule has 0 saturated carbocycles. The Labute approximate surface area is 85.8 Å². The van der Waals surface area contributed by atoms with Crippen LogP contribution in [0.4, 0.5) is 0 Å². The molecule has 0 saturated heterocycles. The maximum absolute atomic E-state index is 4.12. The van der Waals surface area contributed by atoms with Crippen LogP contribution in [0.2, 0.25) is 0 Å². The van der Waals surface area contributed by atoms with Gasteiger partial charge in [-0.1, -0.05) is 6.08 Å². The second-order valence-corrected chi connectivity index (χ2v) is 3.45. The van der Waals surface area contributed by atoms with Crippen LogP contribution in [0, 0.1) is 0 Å². The van der Waals surface area contributed by atoms with Gasteiger partial charge in [-0.05, 0) is 37.9 Å². The lowest BCUT2D eigenvalue weighted by Gasteiger charge is -2.01. The standard InChI is InChI=1S/C11H19N3/c1-3-4-5-7-12-8-6-11-9-13-14(2)10-11/h3,9-10,12H,1,4-8H2,2H3. The maximum atomic E-state index is 4.12. The van der Waals surface area contributed by atoms with Crippen LogP contribution in [0.3, 0.4) is 0 Å². The summed E-state index contributed by atoms with van der Waals surface area (Å²) in [4.78, 5) is 0. The summed E-state index contributed by atoms with van der Waals surface area (Å²) in [5, 5.41) is 7.51. The summed E-state index contributed by atoms with van der Waals surface area (Å²) in [5.74, 6) is 0. The number of allylic oxidation sites excluding steroid dienone is 1. The third-order valence-electron chi connectivity index (χ3n) is 2.11. The first kappa shape index (κ1) is 11.0. The first-order valence-electron chi connectivity index (χ1n) is 5.12. The number of unbranched alkanes of at least 4 members (excludes halogenated alkanes) is 1. The average Bonchev–Trinajstić information content (AvgIpc) is 2.58. The van der Waals surface area contributed by atoms with Gasteiger partial charge in [0, 0.05) is 13.2 Å². The smallest absolute Gasteiger partial charge is 0.0522 e. The second-order valence-electron chi connectivity index (χ2n) is 3.45. The van der Waals surface area contributed by atoms with E-state index >= 15 is 0 Å². The molecular weight excluding hydrogens is 174 g/mol. The molecule has 1 rings (SSSR count). The van der Waals surface area contributed by atoms with Gasteiger partial charge in [-0.15, -0.1) is 6.58 Å². The minimum atomic E-state index is 1.03. The van der Waals surface area contributed by atoms with Crippen LogP contribution in [0.15, 0.2) is 25.0 Å². The Kier molecular flexibility index (Phi) is 5.00. The monoisotopic (exact) mass is 193 g/mol. The van der Waals surface area contributed by atoms with Gasteiger partial charge in [0.1, 0.15) is 0 Å². The van der Waals surface area contributed by atoms with Crippen LogP contribution in [0.5, 0.6) is 0 Å². The SMILES string of the molecule is C=CCCCNCCc1cnn(C)c1. The van der Waals surface area contributed by atoms with Crippen molar-refractivity contribution in [3.63, 3.8) is 0 Å². The van der Waals surface area contributed by atoms with Crippen LogP contribution in [0.25, 0.3) is 0 Å². The second kappa shape index (κ2) is 6.38. The summed E-state index contributed by atoms with van der Waals surface area (Å²) in [6.45, 7) is 5.80. The van der Waals surface area contributed by atoms with Gasteiger partial charge in [-0.3, -0.25) is 4.68 Å². The number of hydrogen-bond acceptors (Lipinski definition) is 2. The molecule has 0 aliphatic carbocycles. The Morgan fingerprint density at radius 2 is 2.43 bits per heavy atom. The highest BCUT2D eigenvalue weighted by Gasteiger charge is 1.94. The van der Waals surface area contributed by atoms with E-state index in [1.54, 1.807) is 0 Å². The van der Waals surface area contributed by atoms with Gasteiger partial charge in [-0.2, -0.15) is 5.10 Å². The topological polar surface area (TPSA) is 29.9 Å². The summed E-state index contributed by atoms with van der Waals surface area (Å²) in [6, 6.07) is 0. The highest BCUT2D eigenvalue weighted by molar-refractivity contribution is 5.03. The van der Waals surface area contributed by atoms with Gasteiger partial charge in [0.05, 0.1) is 6.20 Å². The quantitative estimate of drug-likeness (QED) is 0.525. The molecule has 0 atom stereocenters. The molecule has 0 aliphatic heterocycles. The molecule has 0 radical (unpaired) electrons. The Hall–Kier alpha value is -1.09. The molecule has 0 spiro atoms. The van der Waals surface area contributed by atoms with Crippen molar-refractivity contribution in [2.45, 2.75) is 19.3 Å². The third-order valence-corrected chi connectivity index (χ3v) is 2.11. The fourth-order valence-electron chi connectivity index (χ4n) is 1.33. The first-order chi connectivity index (χ1) is 6.83. The van der Waals surface area contributed by atoms with E-state index in [4.69, 9.17) is 0 Å². The molecule has 3 nitrogen and oxygen atoms in total. The van der Waals surface area contributed by atoms with Crippen LogP contribution < -0.4 is 5.32 Å². The van der Waals surface area contributed by atoms with E-state index in [0.717, 1.165) is 25.9 Å². The minimum absolute atomic E-state index is 1.03. The van der Waals surface area contributed by atoms with Crippen molar-refractivity contribution in [1.29, 1.82) is 0 Å². The molecule has 1 N–H and O–H groups in total. The molecule has 78 valence electrons. The average molecular weight is 193 g/mol. The fourth-order valence-corrected chi connectivity index (χ4v) is 1.33. The Bertz CT molecular complexity index is 265. The number of rotatable bonds is 7. The molecule has 1 aromatic heterocycles. The van der Waals surface area contributed by atoms with Crippen LogP contribution >= 0.6 is 0 Å². The summed E-state index contributed by atoms with van der Waals surface area (Å²) >= 11 is 0. The lowest BCUT2D eigenvalue weighted by molar-refractivity contribution is 0.653. The molecule has 0 amide bonds. The predicted molar refractivity (Wildman–Crippen MR) is 59.2 cm³/mol. The Morgan fingerprint density at radius 1 is 1.57 bits per heavy atom. The van der Waals surface area contributed by atoms with Crippen molar-refractivity contribution in [3.8, 4) is 0 Å². The molecule has 0 aliphatic rings. The highest BCUT2D eigenvalue weighted by atomic mass is 15.2. The zero-order valence-electron chi connectivity index (χ0n) is 8.87. The largest absolute Gasteiger partial charge is 0.316 e. The van der Waals surface area contributed by atoms with Crippen LogP contribution in [-0.2, 0) is 13.5 Å². The summed E-state index contributed by atoms with van der Waals surface area (Å²) in [5.41, 5.74) is 1.30. The van der Waals surface area contributed by atoms with Gasteiger partial charge in [-0.25, -0.2) is 0 Å². The summed E-state index contributed by atoms with van der Waals surface area (Å²) in [6.07, 6.45) is 9.28. The van der Waals surface area contributed by atoms with E-state index < -0.39 is 0 Å². The molecule has 0 aromatic carbocycles. The van der Waals surface area contributed by atoms with E-state index in [0.29, 0.717) is 0 Å². The predicted octanol–water partition coefficient (Wildman–Crippen LogP) is 1.52. The maximum Gasteiger partial charge on any atom is 0.0522 e. The van der Waals surface area contributed by atoms with Crippen molar-refractivity contribution >= 4 is 0 Å². The van der Waals surface area contributed by atoms with Gasteiger partial charge in [0.15, 0.2) is 0 Å². The molecule has 1 aromatic rings. The molecule has 0 bridgehead atoms. The number of hydrogen-bond donors (Lipinski definition) is 1. The summed E-state index contributed by atoms with van der Waals surface area (Å²) < 4.78 is 1.84. The molecule has 14 heavy (non-hydrogen) atoms. The first-order valence-corrected chi connectivity index (χ1v) is 5.12. The van der Waals surface area contributed by atoms with Crippen molar-refractivity contribution in [2.75, 3.05) is 13.1 Å². The lowest BCUT2D eigenvalue weighted by atomic mass is 10.2. The highest BCUT2D eigenvalue weighted by Crippen LogP contribution is 1.96. The molecule has 0 fully saturated rings. The van der Waals surface area contributed by atoms with Crippen molar-refractivity contribution < 1.29 is 0 Å². The van der Waals surface area contributed by atoms with Gasteiger partial charge < -0.3 is 5.32 Å². The Balaban J connectivity index is 2.01. The zero-order valence-corrected chi connectivity index (χ0v) is 8.87. The van der Waals surface area contributed by atoms with Gasteiger partial charge in [0.2, 0.25) is 0 Å². The van der Waals surface area contributed by atoms with Gasteiger partial charge >= 0.3 is 0 Å². The van der Waals surface area contributed by atoms with Crippen LogP contribution in [-0.4, -0.2) is 22.9 Å². The van der Waals surface area contributed by atoms with Crippen molar-refractivity contribution in [3.05, 3.63) is 30.6 Å². The van der Waals surface area contributed by atoms with E-state index in [9.17, 15) is 0 Å². The van der Waals surface area contributed by atoms with Crippen LogP contribution in [0.1, 0.15) is 18.4 Å². The van der Waals surface area contributed by atoms with Crippen molar-refractivity contribution in [2.24, 2.45) is 7.05 Å². The van der Waals surface area contributed by atoms with Gasteiger partial charge in [0.25, 0.3) is 0 Å². The zero-order chi connectivity index (χ0) is 10.2. The molecular formula is C11H19N3. The van der Waals surface area contributed by atoms with Crippen molar-refractivity contribution in [1.82, 2.24) is 15.1 Å². The normalized spacial score (nSPS) is 10.4. The third kappa shape index (κ3) is 4.23. The lowest BCUT2D eigenvalue weighted by Crippen LogP contribution is -2.18. The van der Waals surface area contributed by atoms with E-state index in [-0.39, 0.29) is 0 Å². The number of aromatic nitrogens is 2.